The van der Waals surface area contributed by atoms with E-state index < -0.39 is 29.4 Å². The number of aliphatic imine (C=N–C) groups is 1. The summed E-state index contributed by atoms with van der Waals surface area (Å²) in [6.07, 6.45) is 6.53. The van der Waals surface area contributed by atoms with E-state index in [9.17, 15) is 14.7 Å². The first-order chi connectivity index (χ1) is 17.9. The Morgan fingerprint density at radius 2 is 1.76 bits per heavy atom. The number of nitrogens with two attached hydrogens (primary N) is 1. The van der Waals surface area contributed by atoms with Crippen LogP contribution in [0.4, 0.5) is 5.69 Å². The number of benzodiazepines with no additional fused rings is 1. The van der Waals surface area contributed by atoms with Crippen molar-refractivity contribution in [3.05, 3.63) is 65.7 Å². The fourth-order valence-electron chi connectivity index (χ4n) is 5.26. The first-order valence-electron chi connectivity index (χ1n) is 13.9. The number of aliphatic hydroxyl groups is 1. The molecule has 37 heavy (non-hydrogen) atoms. The van der Waals surface area contributed by atoms with Crippen LogP contribution in [0.3, 0.4) is 0 Å². The average molecular weight is 504 g/mol. The summed E-state index contributed by atoms with van der Waals surface area (Å²) in [5.74, 6) is -1.28. The van der Waals surface area contributed by atoms with Crippen molar-refractivity contribution in [3.8, 4) is 0 Å². The molecule has 1 saturated carbocycles. The lowest BCUT2D eigenvalue weighted by molar-refractivity contribution is -0.139. The van der Waals surface area contributed by atoms with Gasteiger partial charge in [0.2, 0.25) is 5.66 Å². The fraction of sp³-hybridized carbons (Fsp3) is 0.516. The zero-order chi connectivity index (χ0) is 26.4. The molecule has 4 rings (SSSR count). The van der Waals surface area contributed by atoms with Gasteiger partial charge in [0, 0.05) is 17.2 Å². The zero-order valence-electron chi connectivity index (χ0n) is 22.2. The van der Waals surface area contributed by atoms with Crippen LogP contribution in [-0.4, -0.2) is 34.3 Å². The normalized spacial score (nSPS) is 21.1. The molecule has 1 heterocycles. The van der Waals surface area contributed by atoms with Crippen molar-refractivity contribution < 1.29 is 14.7 Å². The van der Waals surface area contributed by atoms with Gasteiger partial charge in [-0.15, -0.1) is 0 Å². The average Bonchev–Trinajstić information content (AvgIpc) is 3.75. The third kappa shape index (κ3) is 6.19. The van der Waals surface area contributed by atoms with Crippen molar-refractivity contribution >= 4 is 23.1 Å². The minimum Gasteiger partial charge on any atom is -0.392 e. The highest BCUT2D eigenvalue weighted by Crippen LogP contribution is 2.40. The van der Waals surface area contributed by atoms with Crippen LogP contribution >= 0.6 is 0 Å². The number of Topliss-reactive ketones (excluding diaryl/α,β-unsaturated/α-hetero) is 1. The standard InChI is InChI=1S/C31H41N3O3/c1-3-5-15-26-24-14-10-11-16-27(24)34(21-23-12-8-7-9-13-23)30(37)31(32,33-26)29(36)25(20-22-18-19-22)28(35)17-6-4-2/h7-14,16,22,25,28,35H,3-6,15,17-21,32H2,1-2H3/t25-,28+,31?/m1/s1. The summed E-state index contributed by atoms with van der Waals surface area (Å²) >= 11 is 0. The van der Waals surface area contributed by atoms with Crippen molar-refractivity contribution in [1.29, 1.82) is 0 Å². The van der Waals surface area contributed by atoms with Gasteiger partial charge in [0.05, 0.1) is 18.3 Å². The summed E-state index contributed by atoms with van der Waals surface area (Å²) in [6, 6.07) is 17.4. The third-order valence-corrected chi connectivity index (χ3v) is 7.65. The van der Waals surface area contributed by atoms with Gasteiger partial charge in [0.1, 0.15) is 0 Å². The lowest BCUT2D eigenvalue weighted by Crippen LogP contribution is -2.62. The summed E-state index contributed by atoms with van der Waals surface area (Å²) in [5, 5.41) is 11.1. The Hall–Kier alpha value is -2.83. The number of carbonyl (C=O) groups is 2. The number of benzene rings is 2. The largest absolute Gasteiger partial charge is 0.392 e. The predicted octanol–water partition coefficient (Wildman–Crippen LogP) is 5.40. The third-order valence-electron chi connectivity index (χ3n) is 7.65. The Kier molecular flexibility index (Phi) is 8.93. The number of ketones is 1. The Labute approximate surface area is 221 Å². The number of unbranched alkanes of at least 4 members (excludes halogenated alkanes) is 2. The first kappa shape index (κ1) is 27.2. The Morgan fingerprint density at radius 1 is 1.08 bits per heavy atom. The van der Waals surface area contributed by atoms with Gasteiger partial charge >= 0.3 is 0 Å². The summed E-state index contributed by atoms with van der Waals surface area (Å²) in [7, 11) is 0. The van der Waals surface area contributed by atoms with Gasteiger partial charge in [-0.05, 0) is 43.2 Å². The number of fused-ring (bicyclic) bond motifs is 1. The van der Waals surface area contributed by atoms with Crippen molar-refractivity contribution in [2.45, 2.75) is 89.9 Å². The van der Waals surface area contributed by atoms with Gasteiger partial charge < -0.3 is 10.0 Å². The van der Waals surface area contributed by atoms with E-state index in [0.717, 1.165) is 55.3 Å². The number of rotatable bonds is 13. The van der Waals surface area contributed by atoms with E-state index in [-0.39, 0.29) is 6.54 Å². The van der Waals surface area contributed by atoms with Crippen LogP contribution in [0.25, 0.3) is 0 Å². The van der Waals surface area contributed by atoms with E-state index in [1.54, 1.807) is 4.90 Å². The molecule has 6 heteroatoms. The summed E-state index contributed by atoms with van der Waals surface area (Å²) < 4.78 is 0. The summed E-state index contributed by atoms with van der Waals surface area (Å²) in [4.78, 5) is 35.0. The molecule has 1 aliphatic heterocycles. The molecular weight excluding hydrogens is 462 g/mol. The van der Waals surface area contributed by atoms with Crippen LogP contribution in [0.1, 0.15) is 82.8 Å². The second-order valence-corrected chi connectivity index (χ2v) is 10.7. The molecule has 0 bridgehead atoms. The van der Waals surface area contributed by atoms with Gasteiger partial charge in [-0.2, -0.15) is 0 Å². The Morgan fingerprint density at radius 3 is 2.43 bits per heavy atom. The maximum atomic E-state index is 14.3. The molecular formula is C31H41N3O3. The molecule has 1 unspecified atom stereocenters. The molecule has 1 amide bonds. The van der Waals surface area contributed by atoms with Crippen LogP contribution in [0, 0.1) is 11.8 Å². The maximum absolute atomic E-state index is 14.3. The second-order valence-electron chi connectivity index (χ2n) is 10.7. The number of nitrogens with zero attached hydrogens (tertiary/aromatic N) is 2. The molecule has 198 valence electrons. The number of aliphatic hydroxyl groups excluding tert-OH is 1. The number of amides is 1. The van der Waals surface area contributed by atoms with E-state index in [1.807, 2.05) is 54.6 Å². The molecule has 2 aromatic rings. The van der Waals surface area contributed by atoms with Gasteiger partial charge in [0.15, 0.2) is 5.78 Å². The van der Waals surface area contributed by atoms with Crippen LogP contribution in [0.5, 0.6) is 0 Å². The van der Waals surface area contributed by atoms with Gasteiger partial charge in [0.25, 0.3) is 5.91 Å². The number of para-hydroxylation sites is 1. The number of hydrogen-bond acceptors (Lipinski definition) is 5. The molecule has 0 radical (unpaired) electrons. The van der Waals surface area contributed by atoms with E-state index in [0.29, 0.717) is 30.9 Å². The minimum absolute atomic E-state index is 0.283. The monoisotopic (exact) mass is 503 g/mol. The minimum atomic E-state index is -2.08. The molecule has 3 atom stereocenters. The van der Waals surface area contributed by atoms with Crippen LogP contribution < -0.4 is 10.6 Å². The molecule has 0 saturated heterocycles. The van der Waals surface area contributed by atoms with Crippen molar-refractivity contribution in [3.63, 3.8) is 0 Å². The summed E-state index contributed by atoms with van der Waals surface area (Å²) in [6.45, 7) is 4.45. The molecule has 6 nitrogen and oxygen atoms in total. The first-order valence-corrected chi connectivity index (χ1v) is 13.9. The predicted molar refractivity (Wildman–Crippen MR) is 148 cm³/mol. The molecule has 0 spiro atoms. The van der Waals surface area contributed by atoms with Crippen LogP contribution in [0.2, 0.25) is 0 Å². The molecule has 1 aliphatic carbocycles. The molecule has 2 aromatic carbocycles. The number of carbonyl (C=O) groups excluding carboxylic acids is 2. The van der Waals surface area contributed by atoms with Gasteiger partial charge in [-0.25, -0.2) is 4.99 Å². The van der Waals surface area contributed by atoms with Crippen molar-refractivity contribution in [1.82, 2.24) is 0 Å². The molecule has 0 aromatic heterocycles. The Balaban J connectivity index is 1.80. The molecule has 2 aliphatic rings. The smallest absolute Gasteiger partial charge is 0.277 e. The lowest BCUT2D eigenvalue weighted by atomic mass is 9.82. The number of anilines is 1. The lowest BCUT2D eigenvalue weighted by Gasteiger charge is -2.33. The van der Waals surface area contributed by atoms with Crippen molar-refractivity contribution in [2.24, 2.45) is 22.6 Å². The topological polar surface area (TPSA) is 96.0 Å². The van der Waals surface area contributed by atoms with E-state index >= 15 is 0 Å². The van der Waals surface area contributed by atoms with Crippen molar-refractivity contribution in [2.75, 3.05) is 4.90 Å². The second kappa shape index (κ2) is 12.1. The highest BCUT2D eigenvalue weighted by molar-refractivity contribution is 6.22. The van der Waals surface area contributed by atoms with Gasteiger partial charge in [-0.1, -0.05) is 94.5 Å². The SMILES string of the molecule is CCCCC1=NC(N)(C(=O)[C@H](CC2CC2)[C@@H](O)CCCC)C(=O)N(Cc2ccccc2)c2ccccc21. The zero-order valence-corrected chi connectivity index (χ0v) is 22.2. The van der Waals surface area contributed by atoms with Crippen LogP contribution in [0.15, 0.2) is 59.6 Å². The molecule has 3 N–H and O–H groups in total. The summed E-state index contributed by atoms with van der Waals surface area (Å²) in [5.41, 5.74) is 7.96. The van der Waals surface area contributed by atoms with Gasteiger partial charge in [-0.3, -0.25) is 15.3 Å². The molecule has 1 fully saturated rings. The quantitative estimate of drug-likeness (QED) is 0.358. The Bertz CT molecular complexity index is 1110. The van der Waals surface area contributed by atoms with Crippen LogP contribution in [-0.2, 0) is 16.1 Å². The van der Waals surface area contributed by atoms with E-state index in [4.69, 9.17) is 10.7 Å². The maximum Gasteiger partial charge on any atom is 0.277 e. The highest BCUT2D eigenvalue weighted by Gasteiger charge is 2.51. The van der Waals surface area contributed by atoms with E-state index in [1.165, 1.54) is 0 Å². The van der Waals surface area contributed by atoms with E-state index in [2.05, 4.69) is 13.8 Å². The highest BCUT2D eigenvalue weighted by atomic mass is 16.3. The fourth-order valence-corrected chi connectivity index (χ4v) is 5.26. The number of hydrogen-bond donors (Lipinski definition) is 2.